The molecule has 0 saturated carbocycles. The number of sulfone groups is 1. The zero-order valence-electron chi connectivity index (χ0n) is 11.1. The van der Waals surface area contributed by atoms with Crippen LogP contribution in [0.1, 0.15) is 11.1 Å². The van der Waals surface area contributed by atoms with E-state index < -0.39 is 9.84 Å². The average molecular weight is 356 g/mol. The van der Waals surface area contributed by atoms with Crippen molar-refractivity contribution in [1.82, 2.24) is 9.97 Å². The van der Waals surface area contributed by atoms with Crippen LogP contribution in [-0.2, 0) is 16.4 Å². The molecule has 2 heterocycles. The van der Waals surface area contributed by atoms with Gasteiger partial charge in [0.05, 0.1) is 11.9 Å². The van der Waals surface area contributed by atoms with Gasteiger partial charge in [-0.3, -0.25) is 0 Å². The Morgan fingerprint density at radius 3 is 2.70 bits per heavy atom. The van der Waals surface area contributed by atoms with Gasteiger partial charge < -0.3 is 5.32 Å². The summed E-state index contributed by atoms with van der Waals surface area (Å²) in [6.45, 7) is 2.31. The second-order valence-corrected chi connectivity index (χ2v) is 7.11. The molecular weight excluding hydrogens is 342 g/mol. The fourth-order valence-electron chi connectivity index (χ4n) is 1.80. The van der Waals surface area contributed by atoms with Crippen molar-refractivity contribution >= 4 is 31.5 Å². The van der Waals surface area contributed by atoms with Crippen molar-refractivity contribution in [3.63, 3.8) is 0 Å². The highest BCUT2D eigenvalue weighted by atomic mass is 79.9. The van der Waals surface area contributed by atoms with E-state index in [1.165, 1.54) is 6.20 Å². The molecule has 2 aromatic heterocycles. The normalized spacial score (nSPS) is 11.3. The minimum atomic E-state index is -3.28. The highest BCUT2D eigenvalue weighted by Crippen LogP contribution is 2.18. The molecule has 20 heavy (non-hydrogen) atoms. The first-order valence-electron chi connectivity index (χ1n) is 5.88. The molecule has 0 aliphatic carbocycles. The van der Waals surface area contributed by atoms with Gasteiger partial charge in [-0.2, -0.15) is 0 Å². The van der Waals surface area contributed by atoms with Gasteiger partial charge in [-0.05, 0) is 40.5 Å². The molecule has 2 aromatic rings. The third-order valence-electron chi connectivity index (χ3n) is 2.70. The molecule has 0 atom stereocenters. The summed E-state index contributed by atoms with van der Waals surface area (Å²) in [6.07, 6.45) is 4.38. The number of halogens is 1. The molecular formula is C13H14BrN3O2S. The number of aryl methyl sites for hydroxylation is 1. The predicted octanol–water partition coefficient (Wildman–Crippen LogP) is 2.56. The Morgan fingerprint density at radius 2 is 2.10 bits per heavy atom. The lowest BCUT2D eigenvalue weighted by atomic mass is 10.2. The fourth-order valence-corrected chi connectivity index (χ4v) is 3.07. The standard InChI is InChI=1S/C13H14BrN3O2S/c1-9-6-11(8-17-13(9)20(2,18)19)16-7-10-4-3-5-15-12(10)14/h3-6,8,16H,7H2,1-2H3. The number of nitrogens with one attached hydrogen (secondary N) is 1. The Balaban J connectivity index is 2.16. The number of nitrogens with zero attached hydrogens (tertiary/aromatic N) is 2. The van der Waals surface area contributed by atoms with Gasteiger partial charge >= 0.3 is 0 Å². The van der Waals surface area contributed by atoms with Crippen LogP contribution in [0.3, 0.4) is 0 Å². The summed E-state index contributed by atoms with van der Waals surface area (Å²) in [4.78, 5) is 8.14. The van der Waals surface area contributed by atoms with Crippen LogP contribution in [0.25, 0.3) is 0 Å². The van der Waals surface area contributed by atoms with Crippen LogP contribution in [0.5, 0.6) is 0 Å². The summed E-state index contributed by atoms with van der Waals surface area (Å²) in [5.74, 6) is 0. The highest BCUT2D eigenvalue weighted by Gasteiger charge is 2.12. The molecule has 0 aromatic carbocycles. The van der Waals surface area contributed by atoms with E-state index in [0.29, 0.717) is 12.1 Å². The molecule has 106 valence electrons. The number of aromatic nitrogens is 2. The van der Waals surface area contributed by atoms with Gasteiger partial charge in [-0.1, -0.05) is 6.07 Å². The molecule has 0 aliphatic heterocycles. The minimum Gasteiger partial charge on any atom is -0.380 e. The Bertz CT molecular complexity index is 732. The Labute approximate surface area is 126 Å². The topological polar surface area (TPSA) is 72.0 Å². The van der Waals surface area contributed by atoms with Crippen molar-refractivity contribution in [3.8, 4) is 0 Å². The lowest BCUT2D eigenvalue weighted by molar-refractivity contribution is 0.597. The monoisotopic (exact) mass is 355 g/mol. The van der Waals surface area contributed by atoms with Gasteiger partial charge in [0.1, 0.15) is 4.60 Å². The molecule has 0 fully saturated rings. The second-order valence-electron chi connectivity index (χ2n) is 4.43. The maximum Gasteiger partial charge on any atom is 0.193 e. The summed E-state index contributed by atoms with van der Waals surface area (Å²) in [5, 5.41) is 3.31. The summed E-state index contributed by atoms with van der Waals surface area (Å²) < 4.78 is 23.8. The molecule has 0 radical (unpaired) electrons. The lowest BCUT2D eigenvalue weighted by Gasteiger charge is -2.09. The van der Waals surface area contributed by atoms with Gasteiger partial charge in [-0.15, -0.1) is 0 Å². The third kappa shape index (κ3) is 3.55. The van der Waals surface area contributed by atoms with E-state index in [1.54, 1.807) is 19.2 Å². The van der Waals surface area contributed by atoms with E-state index in [0.717, 1.165) is 22.1 Å². The van der Waals surface area contributed by atoms with E-state index in [2.05, 4.69) is 31.2 Å². The van der Waals surface area contributed by atoms with Gasteiger partial charge in [0.2, 0.25) is 0 Å². The first-order chi connectivity index (χ1) is 9.38. The highest BCUT2D eigenvalue weighted by molar-refractivity contribution is 9.10. The van der Waals surface area contributed by atoms with E-state index >= 15 is 0 Å². The first kappa shape index (κ1) is 14.9. The largest absolute Gasteiger partial charge is 0.380 e. The van der Waals surface area contributed by atoms with Gasteiger partial charge in [0.25, 0.3) is 0 Å². The van der Waals surface area contributed by atoms with E-state index in [9.17, 15) is 8.42 Å². The second kappa shape index (κ2) is 5.88. The van der Waals surface area contributed by atoms with Crippen LogP contribution < -0.4 is 5.32 Å². The SMILES string of the molecule is Cc1cc(NCc2cccnc2Br)cnc1S(C)(=O)=O. The smallest absolute Gasteiger partial charge is 0.193 e. The minimum absolute atomic E-state index is 0.116. The molecule has 0 bridgehead atoms. The number of anilines is 1. The Kier molecular flexibility index (Phi) is 4.39. The van der Waals surface area contributed by atoms with Crippen LogP contribution >= 0.6 is 15.9 Å². The maximum absolute atomic E-state index is 11.5. The fraction of sp³-hybridized carbons (Fsp3) is 0.231. The number of pyridine rings is 2. The molecule has 1 N–H and O–H groups in total. The van der Waals surface area contributed by atoms with Gasteiger partial charge in [0.15, 0.2) is 14.9 Å². The number of rotatable bonds is 4. The molecule has 0 unspecified atom stereocenters. The summed E-state index contributed by atoms with van der Waals surface area (Å²) in [6, 6.07) is 5.58. The summed E-state index contributed by atoms with van der Waals surface area (Å²) in [7, 11) is -3.28. The number of hydrogen-bond acceptors (Lipinski definition) is 5. The summed E-state index contributed by atoms with van der Waals surface area (Å²) in [5.41, 5.74) is 2.41. The van der Waals surface area contributed by atoms with Crippen LogP contribution in [-0.4, -0.2) is 24.6 Å². The zero-order valence-corrected chi connectivity index (χ0v) is 13.5. The Morgan fingerprint density at radius 1 is 1.35 bits per heavy atom. The van der Waals surface area contributed by atoms with E-state index in [1.807, 2.05) is 12.1 Å². The van der Waals surface area contributed by atoms with Crippen LogP contribution in [0, 0.1) is 6.92 Å². The molecule has 0 amide bonds. The van der Waals surface area contributed by atoms with Crippen molar-refractivity contribution < 1.29 is 8.42 Å². The van der Waals surface area contributed by atoms with Crippen molar-refractivity contribution in [2.75, 3.05) is 11.6 Å². The maximum atomic E-state index is 11.5. The first-order valence-corrected chi connectivity index (χ1v) is 8.56. The number of hydrogen-bond donors (Lipinski definition) is 1. The van der Waals surface area contributed by atoms with Crippen molar-refractivity contribution in [1.29, 1.82) is 0 Å². The quantitative estimate of drug-likeness (QED) is 0.853. The lowest BCUT2D eigenvalue weighted by Crippen LogP contribution is -2.06. The van der Waals surface area contributed by atoms with E-state index in [4.69, 9.17) is 0 Å². The predicted molar refractivity (Wildman–Crippen MR) is 81.3 cm³/mol. The van der Waals surface area contributed by atoms with Crippen molar-refractivity contribution in [3.05, 3.63) is 46.3 Å². The molecule has 2 rings (SSSR count). The third-order valence-corrected chi connectivity index (χ3v) is 4.54. The molecule has 0 aliphatic rings. The van der Waals surface area contributed by atoms with Crippen LogP contribution in [0.15, 0.2) is 40.2 Å². The zero-order chi connectivity index (χ0) is 14.8. The molecule has 0 saturated heterocycles. The average Bonchev–Trinajstić information content (AvgIpc) is 2.36. The molecule has 5 nitrogen and oxygen atoms in total. The van der Waals surface area contributed by atoms with Crippen LogP contribution in [0.4, 0.5) is 5.69 Å². The van der Waals surface area contributed by atoms with Crippen molar-refractivity contribution in [2.45, 2.75) is 18.5 Å². The summed E-state index contributed by atoms with van der Waals surface area (Å²) >= 11 is 3.38. The van der Waals surface area contributed by atoms with Gasteiger partial charge in [-0.25, -0.2) is 18.4 Å². The Hall–Kier alpha value is -1.47. The van der Waals surface area contributed by atoms with Crippen LogP contribution in [0.2, 0.25) is 0 Å². The van der Waals surface area contributed by atoms with Gasteiger partial charge in [0, 0.05) is 24.6 Å². The van der Waals surface area contributed by atoms with E-state index in [-0.39, 0.29) is 5.03 Å². The van der Waals surface area contributed by atoms with Crippen molar-refractivity contribution in [2.24, 2.45) is 0 Å². The molecule has 0 spiro atoms. The molecule has 7 heteroatoms.